The highest BCUT2D eigenvalue weighted by atomic mass is 32.2. The molecule has 2 nitrogen and oxygen atoms in total. The fourth-order valence-electron chi connectivity index (χ4n) is 2.42. The van der Waals surface area contributed by atoms with Crippen LogP contribution in [0, 0.1) is 6.92 Å². The first-order valence-electron chi connectivity index (χ1n) is 6.34. The standard InChI is InChI=1S/C14H22N2S/c1-12-5-3-4-6-14(12)16-9-8-15-13(11-16)7-10-17-2/h3-6,13,15H,7-11H2,1-2H3. The lowest BCUT2D eigenvalue weighted by atomic mass is 10.1. The van der Waals surface area contributed by atoms with Gasteiger partial charge in [0.1, 0.15) is 0 Å². The molecule has 17 heavy (non-hydrogen) atoms. The maximum absolute atomic E-state index is 3.62. The first kappa shape index (κ1) is 12.8. The van der Waals surface area contributed by atoms with Gasteiger partial charge in [-0.25, -0.2) is 0 Å². The Hall–Kier alpha value is -0.670. The Labute approximate surface area is 109 Å². The number of nitrogens with one attached hydrogen (secondary N) is 1. The SMILES string of the molecule is CSCCC1CN(c2ccccc2C)CCN1. The minimum atomic E-state index is 0.649. The average molecular weight is 250 g/mol. The molecule has 0 bridgehead atoms. The molecule has 1 aliphatic heterocycles. The van der Waals surface area contributed by atoms with E-state index in [0.717, 1.165) is 19.6 Å². The number of aryl methyl sites for hydroxylation is 1. The smallest absolute Gasteiger partial charge is 0.0396 e. The van der Waals surface area contributed by atoms with Gasteiger partial charge >= 0.3 is 0 Å². The average Bonchev–Trinajstić information content (AvgIpc) is 2.37. The zero-order valence-corrected chi connectivity index (χ0v) is 11.6. The minimum absolute atomic E-state index is 0.649. The Bertz CT molecular complexity index is 354. The molecule has 3 heteroatoms. The summed E-state index contributed by atoms with van der Waals surface area (Å²) in [7, 11) is 0. The number of benzene rings is 1. The van der Waals surface area contributed by atoms with Crippen molar-refractivity contribution < 1.29 is 0 Å². The minimum Gasteiger partial charge on any atom is -0.368 e. The van der Waals surface area contributed by atoms with Crippen LogP contribution in [0.15, 0.2) is 24.3 Å². The fourth-order valence-corrected chi connectivity index (χ4v) is 2.94. The van der Waals surface area contributed by atoms with Gasteiger partial charge in [-0.3, -0.25) is 0 Å². The highest BCUT2D eigenvalue weighted by Crippen LogP contribution is 2.21. The van der Waals surface area contributed by atoms with Crippen LogP contribution < -0.4 is 10.2 Å². The predicted octanol–water partition coefficient (Wildman–Crippen LogP) is 2.53. The lowest BCUT2D eigenvalue weighted by Gasteiger charge is -2.36. The fraction of sp³-hybridized carbons (Fsp3) is 0.571. The van der Waals surface area contributed by atoms with Gasteiger partial charge in [0.25, 0.3) is 0 Å². The van der Waals surface area contributed by atoms with Gasteiger partial charge in [0, 0.05) is 31.4 Å². The van der Waals surface area contributed by atoms with E-state index in [2.05, 4.69) is 47.7 Å². The summed E-state index contributed by atoms with van der Waals surface area (Å²) in [6.07, 6.45) is 3.45. The van der Waals surface area contributed by atoms with Crippen molar-refractivity contribution in [3.8, 4) is 0 Å². The quantitative estimate of drug-likeness (QED) is 0.884. The first-order valence-corrected chi connectivity index (χ1v) is 7.73. The van der Waals surface area contributed by atoms with Crippen molar-refractivity contribution in [3.63, 3.8) is 0 Å². The summed E-state index contributed by atoms with van der Waals surface area (Å²) in [6, 6.07) is 9.35. The van der Waals surface area contributed by atoms with Crippen LogP contribution in [0.3, 0.4) is 0 Å². The van der Waals surface area contributed by atoms with Crippen LogP contribution in [0.5, 0.6) is 0 Å². The van der Waals surface area contributed by atoms with Crippen molar-refractivity contribution in [2.24, 2.45) is 0 Å². The molecule has 0 amide bonds. The second kappa shape index (κ2) is 6.31. The Morgan fingerprint density at radius 2 is 2.24 bits per heavy atom. The van der Waals surface area contributed by atoms with Crippen molar-refractivity contribution in [2.75, 3.05) is 36.5 Å². The predicted molar refractivity (Wildman–Crippen MR) is 78.2 cm³/mol. The molecule has 1 heterocycles. The van der Waals surface area contributed by atoms with Gasteiger partial charge in [-0.15, -0.1) is 0 Å². The van der Waals surface area contributed by atoms with Crippen LogP contribution in [0.25, 0.3) is 0 Å². The van der Waals surface area contributed by atoms with E-state index in [-0.39, 0.29) is 0 Å². The third-order valence-corrected chi connectivity index (χ3v) is 4.03. The Morgan fingerprint density at radius 1 is 1.41 bits per heavy atom. The Morgan fingerprint density at radius 3 is 3.00 bits per heavy atom. The van der Waals surface area contributed by atoms with Gasteiger partial charge < -0.3 is 10.2 Å². The van der Waals surface area contributed by atoms with Crippen LogP contribution in [-0.2, 0) is 0 Å². The molecule has 1 atom stereocenters. The third kappa shape index (κ3) is 3.39. The number of nitrogens with zero attached hydrogens (tertiary/aromatic N) is 1. The normalized spacial score (nSPS) is 20.6. The lowest BCUT2D eigenvalue weighted by Crippen LogP contribution is -2.51. The van der Waals surface area contributed by atoms with Gasteiger partial charge in [0.05, 0.1) is 0 Å². The summed E-state index contributed by atoms with van der Waals surface area (Å²) in [5.41, 5.74) is 2.79. The monoisotopic (exact) mass is 250 g/mol. The lowest BCUT2D eigenvalue weighted by molar-refractivity contribution is 0.449. The van der Waals surface area contributed by atoms with E-state index in [1.165, 1.54) is 23.4 Å². The highest BCUT2D eigenvalue weighted by molar-refractivity contribution is 7.98. The zero-order chi connectivity index (χ0) is 12.1. The summed E-state index contributed by atoms with van der Waals surface area (Å²) in [5, 5.41) is 3.62. The molecule has 2 rings (SSSR count). The number of hydrogen-bond donors (Lipinski definition) is 1. The molecule has 1 unspecified atom stereocenters. The number of piperazine rings is 1. The van der Waals surface area contributed by atoms with E-state index < -0.39 is 0 Å². The molecule has 0 aromatic heterocycles. The third-order valence-electron chi connectivity index (χ3n) is 3.38. The molecule has 0 spiro atoms. The molecule has 0 radical (unpaired) electrons. The number of rotatable bonds is 4. The number of para-hydroxylation sites is 1. The van der Waals surface area contributed by atoms with E-state index in [0.29, 0.717) is 6.04 Å². The second-order valence-electron chi connectivity index (χ2n) is 4.67. The number of hydrogen-bond acceptors (Lipinski definition) is 3. The summed E-state index contributed by atoms with van der Waals surface area (Å²) < 4.78 is 0. The molecule has 0 aliphatic carbocycles. The first-order chi connectivity index (χ1) is 8.31. The zero-order valence-electron chi connectivity index (χ0n) is 10.8. The molecule has 1 aliphatic rings. The molecule has 1 aromatic rings. The van der Waals surface area contributed by atoms with Gasteiger partial charge in [0.15, 0.2) is 0 Å². The van der Waals surface area contributed by atoms with Crippen molar-refractivity contribution in [1.29, 1.82) is 0 Å². The summed E-state index contributed by atoms with van der Waals surface area (Å²) >= 11 is 1.94. The maximum atomic E-state index is 3.62. The van der Waals surface area contributed by atoms with Crippen molar-refractivity contribution in [1.82, 2.24) is 5.32 Å². The van der Waals surface area contributed by atoms with Crippen LogP contribution >= 0.6 is 11.8 Å². The summed E-state index contributed by atoms with van der Waals surface area (Å²) in [6.45, 7) is 5.58. The summed E-state index contributed by atoms with van der Waals surface area (Å²) in [4.78, 5) is 2.52. The largest absolute Gasteiger partial charge is 0.368 e. The van der Waals surface area contributed by atoms with Gasteiger partial charge in [-0.1, -0.05) is 18.2 Å². The van der Waals surface area contributed by atoms with Crippen molar-refractivity contribution >= 4 is 17.4 Å². The van der Waals surface area contributed by atoms with Gasteiger partial charge in [0.2, 0.25) is 0 Å². The van der Waals surface area contributed by atoms with Crippen molar-refractivity contribution in [3.05, 3.63) is 29.8 Å². The van der Waals surface area contributed by atoms with E-state index in [1.807, 2.05) is 11.8 Å². The highest BCUT2D eigenvalue weighted by Gasteiger charge is 2.19. The van der Waals surface area contributed by atoms with E-state index in [9.17, 15) is 0 Å². The number of anilines is 1. The molecular weight excluding hydrogens is 228 g/mol. The molecule has 1 fully saturated rings. The van der Waals surface area contributed by atoms with Crippen LogP contribution in [0.1, 0.15) is 12.0 Å². The number of thioether (sulfide) groups is 1. The van der Waals surface area contributed by atoms with Gasteiger partial charge in [-0.05, 0) is 37.0 Å². The van der Waals surface area contributed by atoms with E-state index in [1.54, 1.807) is 0 Å². The van der Waals surface area contributed by atoms with Gasteiger partial charge in [-0.2, -0.15) is 11.8 Å². The molecule has 0 saturated carbocycles. The van der Waals surface area contributed by atoms with E-state index in [4.69, 9.17) is 0 Å². The van der Waals surface area contributed by atoms with E-state index >= 15 is 0 Å². The summed E-state index contributed by atoms with van der Waals surface area (Å²) in [5.74, 6) is 1.25. The van der Waals surface area contributed by atoms with Crippen LogP contribution in [0.4, 0.5) is 5.69 Å². The second-order valence-corrected chi connectivity index (χ2v) is 5.65. The molecule has 1 aromatic carbocycles. The van der Waals surface area contributed by atoms with Crippen LogP contribution in [-0.4, -0.2) is 37.7 Å². The molecule has 1 saturated heterocycles. The Balaban J connectivity index is 1.99. The molecule has 94 valence electrons. The maximum Gasteiger partial charge on any atom is 0.0396 e. The molecule has 1 N–H and O–H groups in total. The van der Waals surface area contributed by atoms with Crippen molar-refractivity contribution in [2.45, 2.75) is 19.4 Å². The van der Waals surface area contributed by atoms with Crippen LogP contribution in [0.2, 0.25) is 0 Å². The topological polar surface area (TPSA) is 15.3 Å². The Kier molecular flexibility index (Phi) is 4.75. The molecular formula is C14H22N2S.